The van der Waals surface area contributed by atoms with Crippen molar-refractivity contribution in [1.29, 1.82) is 0 Å². The van der Waals surface area contributed by atoms with Crippen LogP contribution in [-0.2, 0) is 6.54 Å². The second-order valence-corrected chi connectivity index (χ2v) is 9.10. The highest BCUT2D eigenvalue weighted by molar-refractivity contribution is 5.96. The largest absolute Gasteiger partial charge is 0.367 e. The van der Waals surface area contributed by atoms with Crippen molar-refractivity contribution >= 4 is 27.8 Å². The van der Waals surface area contributed by atoms with Crippen LogP contribution in [0.1, 0.15) is 12.5 Å². The number of rotatable bonds is 6. The number of imidazole rings is 1. The maximum absolute atomic E-state index is 5.01. The van der Waals surface area contributed by atoms with Crippen molar-refractivity contribution in [3.05, 3.63) is 54.5 Å². The topological polar surface area (TPSA) is 102 Å². The molecule has 5 aromatic rings. The molecule has 1 aliphatic rings. The molecule has 0 unspecified atom stereocenters. The number of nitrogens with zero attached hydrogens (tertiary/aromatic N) is 6. The van der Waals surface area contributed by atoms with E-state index in [-0.39, 0.29) is 0 Å². The van der Waals surface area contributed by atoms with E-state index in [2.05, 4.69) is 84.6 Å². The van der Waals surface area contributed by atoms with Gasteiger partial charge in [0.25, 0.3) is 0 Å². The Morgan fingerprint density at radius 1 is 1.03 bits per heavy atom. The van der Waals surface area contributed by atoms with E-state index in [9.17, 15) is 0 Å². The van der Waals surface area contributed by atoms with Crippen molar-refractivity contribution < 1.29 is 0 Å². The van der Waals surface area contributed by atoms with Gasteiger partial charge >= 0.3 is 0 Å². The second-order valence-electron chi connectivity index (χ2n) is 9.10. The first-order chi connectivity index (χ1) is 17.2. The van der Waals surface area contributed by atoms with Crippen LogP contribution in [0.25, 0.3) is 44.7 Å². The number of benzene rings is 1. The molecule has 9 heteroatoms. The van der Waals surface area contributed by atoms with Crippen molar-refractivity contribution in [1.82, 2.24) is 40.3 Å². The molecule has 1 aromatic carbocycles. The lowest BCUT2D eigenvalue weighted by Crippen LogP contribution is -2.44. The first-order valence-electron chi connectivity index (χ1n) is 12.1. The second kappa shape index (κ2) is 9.09. The number of aromatic nitrogens is 6. The number of piperazine rings is 1. The van der Waals surface area contributed by atoms with Gasteiger partial charge in [-0.05, 0) is 43.4 Å². The quantitative estimate of drug-likeness (QED) is 0.352. The molecule has 0 radical (unpaired) electrons. The van der Waals surface area contributed by atoms with Gasteiger partial charge in [0, 0.05) is 62.4 Å². The van der Waals surface area contributed by atoms with Gasteiger partial charge in [0.1, 0.15) is 11.2 Å². The van der Waals surface area contributed by atoms with E-state index in [0.717, 1.165) is 89.5 Å². The zero-order chi connectivity index (χ0) is 23.8. The van der Waals surface area contributed by atoms with E-state index in [0.29, 0.717) is 0 Å². The highest BCUT2D eigenvalue weighted by atomic mass is 15.3. The van der Waals surface area contributed by atoms with Gasteiger partial charge in [0.2, 0.25) is 0 Å². The van der Waals surface area contributed by atoms with Gasteiger partial charge in [-0.15, -0.1) is 0 Å². The number of hydrogen-bond acceptors (Lipinski definition) is 7. The number of likely N-dealkylation sites (N-methyl/N-ethyl adjacent to an activating group) is 1. The van der Waals surface area contributed by atoms with Gasteiger partial charge in [-0.25, -0.2) is 9.97 Å². The lowest BCUT2D eigenvalue weighted by atomic mass is 10.1. The molecule has 1 aliphatic heterocycles. The molecule has 5 heterocycles. The first kappa shape index (κ1) is 21.7. The Bertz CT molecular complexity index is 1480. The van der Waals surface area contributed by atoms with E-state index in [4.69, 9.17) is 4.98 Å². The Kier molecular flexibility index (Phi) is 5.63. The Balaban J connectivity index is 1.38. The molecule has 9 nitrogen and oxygen atoms in total. The average Bonchev–Trinajstić information content (AvgIpc) is 3.51. The Labute approximate surface area is 203 Å². The molecule has 1 fully saturated rings. The summed E-state index contributed by atoms with van der Waals surface area (Å²) < 4.78 is 0. The maximum atomic E-state index is 5.01. The number of nitrogens with one attached hydrogen (secondary N) is 3. The van der Waals surface area contributed by atoms with Crippen LogP contribution in [0, 0.1) is 0 Å². The number of para-hydroxylation sites is 1. The molecular weight excluding hydrogens is 438 g/mol. The van der Waals surface area contributed by atoms with E-state index < -0.39 is 0 Å². The summed E-state index contributed by atoms with van der Waals surface area (Å²) in [5.41, 5.74) is 7.84. The predicted molar refractivity (Wildman–Crippen MR) is 139 cm³/mol. The van der Waals surface area contributed by atoms with Crippen LogP contribution in [0.2, 0.25) is 0 Å². The summed E-state index contributed by atoms with van der Waals surface area (Å²) in [5.74, 6) is 0.741. The average molecular weight is 468 g/mol. The summed E-state index contributed by atoms with van der Waals surface area (Å²) in [6, 6.07) is 10.6. The summed E-state index contributed by atoms with van der Waals surface area (Å²) >= 11 is 0. The molecule has 0 atom stereocenters. The lowest BCUT2D eigenvalue weighted by Gasteiger charge is -2.34. The fraction of sp³-hybridized carbons (Fsp3) is 0.308. The summed E-state index contributed by atoms with van der Waals surface area (Å²) in [6.07, 6.45) is 5.64. The number of hydrogen-bond donors (Lipinski definition) is 3. The van der Waals surface area contributed by atoms with Gasteiger partial charge < -0.3 is 20.1 Å². The Morgan fingerprint density at radius 2 is 1.89 bits per heavy atom. The normalized spacial score (nSPS) is 14.9. The minimum atomic E-state index is 0.736. The van der Waals surface area contributed by atoms with Crippen molar-refractivity contribution in [3.63, 3.8) is 0 Å². The molecule has 6 rings (SSSR count). The summed E-state index contributed by atoms with van der Waals surface area (Å²) in [4.78, 5) is 22.3. The van der Waals surface area contributed by atoms with Crippen LogP contribution < -0.4 is 10.2 Å². The van der Waals surface area contributed by atoms with Crippen LogP contribution in [0.15, 0.2) is 48.9 Å². The van der Waals surface area contributed by atoms with E-state index >= 15 is 0 Å². The summed E-state index contributed by atoms with van der Waals surface area (Å²) in [7, 11) is 2.17. The van der Waals surface area contributed by atoms with Crippen molar-refractivity contribution in [2.75, 3.05) is 44.7 Å². The number of H-pyrrole nitrogens is 2. The standard InChI is InChI=1S/C26H29N9/c1-3-27-13-17-11-18(15-28-14-17)19-12-20-23(32-33-25(20)29-16-19)26-30-21-5-4-6-22(24(21)31-26)35-9-7-34(2)8-10-35/h4-6,11-12,14-16,27H,3,7-10,13H2,1-2H3,(H,30,31)(H,29,32,33). The van der Waals surface area contributed by atoms with Crippen molar-refractivity contribution in [2.45, 2.75) is 13.5 Å². The van der Waals surface area contributed by atoms with Crippen LogP contribution in [-0.4, -0.2) is 74.8 Å². The molecule has 3 N–H and O–H groups in total. The number of anilines is 1. The third-order valence-corrected chi connectivity index (χ3v) is 6.68. The number of fused-ring (bicyclic) bond motifs is 2. The highest BCUT2D eigenvalue weighted by Crippen LogP contribution is 2.32. The van der Waals surface area contributed by atoms with Crippen LogP contribution in [0.5, 0.6) is 0 Å². The molecule has 0 bridgehead atoms. The predicted octanol–water partition coefficient (Wildman–Crippen LogP) is 3.42. The van der Waals surface area contributed by atoms with E-state index in [1.807, 2.05) is 18.6 Å². The SMILES string of the molecule is CCNCc1cncc(-c2cnc3[nH]nc(-c4nc5c(N6CCN(C)CC6)cccc5[nH]4)c3c2)c1. The van der Waals surface area contributed by atoms with Crippen LogP contribution in [0.3, 0.4) is 0 Å². The molecule has 0 aliphatic carbocycles. The molecular formula is C26H29N9. The summed E-state index contributed by atoms with van der Waals surface area (Å²) in [6.45, 7) is 7.91. The zero-order valence-electron chi connectivity index (χ0n) is 20.0. The number of aromatic amines is 2. The molecule has 178 valence electrons. The van der Waals surface area contributed by atoms with E-state index in [1.165, 1.54) is 5.69 Å². The smallest absolute Gasteiger partial charge is 0.159 e. The van der Waals surface area contributed by atoms with Gasteiger partial charge in [0.15, 0.2) is 11.5 Å². The molecule has 1 saturated heterocycles. The first-order valence-corrected chi connectivity index (χ1v) is 12.1. The fourth-order valence-electron chi connectivity index (χ4n) is 4.68. The fourth-order valence-corrected chi connectivity index (χ4v) is 4.68. The molecule has 35 heavy (non-hydrogen) atoms. The van der Waals surface area contributed by atoms with Crippen molar-refractivity contribution in [3.8, 4) is 22.6 Å². The van der Waals surface area contributed by atoms with Gasteiger partial charge in [-0.3, -0.25) is 10.1 Å². The third kappa shape index (κ3) is 4.13. The highest BCUT2D eigenvalue weighted by Gasteiger charge is 2.20. The van der Waals surface area contributed by atoms with Gasteiger partial charge in [0.05, 0.1) is 16.6 Å². The van der Waals surface area contributed by atoms with Gasteiger partial charge in [-0.1, -0.05) is 13.0 Å². The maximum Gasteiger partial charge on any atom is 0.159 e. The molecule has 0 amide bonds. The molecule has 4 aromatic heterocycles. The van der Waals surface area contributed by atoms with Crippen LogP contribution in [0.4, 0.5) is 5.69 Å². The lowest BCUT2D eigenvalue weighted by molar-refractivity contribution is 0.313. The minimum Gasteiger partial charge on any atom is -0.367 e. The number of pyridine rings is 2. The molecule has 0 spiro atoms. The zero-order valence-corrected chi connectivity index (χ0v) is 20.0. The summed E-state index contributed by atoms with van der Waals surface area (Å²) in [5, 5.41) is 11.9. The monoisotopic (exact) mass is 467 g/mol. The Morgan fingerprint density at radius 3 is 2.74 bits per heavy atom. The minimum absolute atomic E-state index is 0.736. The Hall–Kier alpha value is -3.82. The van der Waals surface area contributed by atoms with Crippen molar-refractivity contribution in [2.24, 2.45) is 0 Å². The van der Waals surface area contributed by atoms with Gasteiger partial charge in [-0.2, -0.15) is 5.10 Å². The van der Waals surface area contributed by atoms with E-state index in [1.54, 1.807) is 0 Å². The molecule has 0 saturated carbocycles. The third-order valence-electron chi connectivity index (χ3n) is 6.68. The van der Waals surface area contributed by atoms with Crippen LogP contribution >= 0.6 is 0 Å².